The Morgan fingerprint density at radius 3 is 2.27 bits per heavy atom. The molecule has 11 heteroatoms. The van der Waals surface area contributed by atoms with Crippen LogP contribution >= 0.6 is 0 Å². The maximum absolute atomic E-state index is 12.8. The Hall–Kier alpha value is -3.30. The first kappa shape index (κ1) is 22.9. The second kappa shape index (κ2) is 8.91. The molecule has 1 heterocycles. The molecule has 3 N–H and O–H groups in total. The summed E-state index contributed by atoms with van der Waals surface area (Å²) in [5.74, 6) is 0. The maximum Gasteiger partial charge on any atom is -0.0414 e. The molecule has 0 atom stereocenters. The molecule has 4 rings (SSSR count). The van der Waals surface area contributed by atoms with Crippen LogP contribution in [-0.4, -0.2) is 35.8 Å². The van der Waals surface area contributed by atoms with Crippen LogP contribution in [0.25, 0.3) is 10.9 Å². The SMILES string of the molecule is Cc1ccc(S(=O)(=O)Nc2ccc(N=Nc3ccc([As](=O)(O)O)cc3)c3cccnc23)cc1. The number of aryl methyl sites for hydroxylation is 1. The van der Waals surface area contributed by atoms with Crippen LogP contribution in [0.2, 0.25) is 0 Å². The van der Waals surface area contributed by atoms with E-state index < -0.39 is 24.2 Å². The van der Waals surface area contributed by atoms with Gasteiger partial charge in [0.05, 0.1) is 4.90 Å². The quantitative estimate of drug-likeness (QED) is 0.260. The van der Waals surface area contributed by atoms with Gasteiger partial charge in [0.25, 0.3) is 0 Å². The van der Waals surface area contributed by atoms with E-state index in [2.05, 4.69) is 19.9 Å². The zero-order valence-electron chi connectivity index (χ0n) is 17.3. The van der Waals surface area contributed by atoms with Crippen molar-refractivity contribution in [2.45, 2.75) is 11.8 Å². The third-order valence-corrected chi connectivity index (χ3v) is 8.20. The average Bonchev–Trinajstić information content (AvgIpc) is 2.78. The number of azo groups is 1. The third kappa shape index (κ3) is 5.20. The zero-order chi connectivity index (χ0) is 23.6. The average molecular weight is 526 g/mol. The van der Waals surface area contributed by atoms with E-state index in [0.717, 1.165) is 5.56 Å². The molecule has 9 nitrogen and oxygen atoms in total. The molecule has 0 unspecified atom stereocenters. The Kier molecular flexibility index (Phi) is 6.18. The van der Waals surface area contributed by atoms with Crippen LogP contribution in [0.15, 0.2) is 94.1 Å². The molecule has 0 bridgehead atoms. The summed E-state index contributed by atoms with van der Waals surface area (Å²) < 4.78 is 58.0. The van der Waals surface area contributed by atoms with Gasteiger partial charge in [0.15, 0.2) is 0 Å². The zero-order valence-corrected chi connectivity index (χ0v) is 20.0. The van der Waals surface area contributed by atoms with Gasteiger partial charge in [0, 0.05) is 0 Å². The van der Waals surface area contributed by atoms with Gasteiger partial charge in [-0.3, -0.25) is 0 Å². The van der Waals surface area contributed by atoms with Gasteiger partial charge < -0.3 is 0 Å². The van der Waals surface area contributed by atoms with E-state index in [0.29, 0.717) is 28.0 Å². The fourth-order valence-electron chi connectivity index (χ4n) is 3.07. The number of aromatic nitrogens is 1. The summed E-state index contributed by atoms with van der Waals surface area (Å²) >= 11 is -4.96. The summed E-state index contributed by atoms with van der Waals surface area (Å²) in [4.78, 5) is 4.45. The predicted octanol–water partition coefficient (Wildman–Crippen LogP) is 3.32. The molecule has 3 aromatic carbocycles. The van der Waals surface area contributed by atoms with Crippen LogP contribution in [0.5, 0.6) is 0 Å². The largest absolute Gasteiger partial charge is 0.0580 e. The van der Waals surface area contributed by atoms with E-state index in [1.165, 1.54) is 36.4 Å². The first-order valence-electron chi connectivity index (χ1n) is 9.69. The van der Waals surface area contributed by atoms with Crippen molar-refractivity contribution >= 4 is 56.5 Å². The molecule has 0 radical (unpaired) electrons. The van der Waals surface area contributed by atoms with E-state index in [9.17, 15) is 20.3 Å². The van der Waals surface area contributed by atoms with Crippen LogP contribution in [0.3, 0.4) is 0 Å². The number of pyridine rings is 1. The standard InChI is InChI=1S/C22H19AsN4O5S/c1-15-4-10-18(11-5-15)33(31,32)27-21-13-12-20(19-3-2-14-24-22(19)21)26-25-17-8-6-16(7-9-17)23(28,29)30/h2-14,27H,1H3,(H2,28,29,30). The first-order chi connectivity index (χ1) is 15.6. The second-order valence-corrected chi connectivity index (χ2v) is 12.3. The number of nitrogens with one attached hydrogen (secondary N) is 1. The van der Waals surface area contributed by atoms with E-state index in [4.69, 9.17) is 0 Å². The number of fused-ring (bicyclic) bond motifs is 1. The van der Waals surface area contributed by atoms with E-state index in [-0.39, 0.29) is 9.25 Å². The number of anilines is 1. The van der Waals surface area contributed by atoms with Gasteiger partial charge in [-0.2, -0.15) is 0 Å². The van der Waals surface area contributed by atoms with Crippen LogP contribution in [0.1, 0.15) is 5.56 Å². The summed E-state index contributed by atoms with van der Waals surface area (Å²) in [7, 11) is -3.81. The second-order valence-electron chi connectivity index (χ2n) is 7.21. The number of benzene rings is 3. The van der Waals surface area contributed by atoms with Crippen molar-refractivity contribution < 1.29 is 20.3 Å². The number of hydrogen-bond acceptors (Lipinski definition) is 6. The topological polar surface area (TPSA) is 141 Å². The van der Waals surface area contributed by atoms with Crippen molar-refractivity contribution in [3.05, 3.63) is 84.6 Å². The van der Waals surface area contributed by atoms with Gasteiger partial charge >= 0.3 is 143 Å². The first-order valence-corrected chi connectivity index (χ1v) is 14.6. The molecule has 0 saturated carbocycles. The van der Waals surface area contributed by atoms with Crippen molar-refractivity contribution in [2.24, 2.45) is 10.2 Å². The van der Waals surface area contributed by atoms with Crippen LogP contribution in [0.4, 0.5) is 17.1 Å². The van der Waals surface area contributed by atoms with Crippen LogP contribution in [-0.2, 0) is 13.8 Å². The molecule has 0 aliphatic rings. The van der Waals surface area contributed by atoms with E-state index in [1.54, 1.807) is 42.6 Å². The molecule has 1 aromatic heterocycles. The van der Waals surface area contributed by atoms with E-state index in [1.807, 2.05) is 6.92 Å². The monoisotopic (exact) mass is 526 g/mol. The Morgan fingerprint density at radius 1 is 0.909 bits per heavy atom. The molecule has 0 spiro atoms. The fraction of sp³-hybridized carbons (Fsp3) is 0.0455. The minimum Gasteiger partial charge on any atom is -0.0580 e. The van der Waals surface area contributed by atoms with Crippen LogP contribution < -0.4 is 9.07 Å². The van der Waals surface area contributed by atoms with Gasteiger partial charge in [-0.25, -0.2) is 8.42 Å². The number of sulfonamides is 1. The van der Waals surface area contributed by atoms with Crippen molar-refractivity contribution in [2.75, 3.05) is 4.72 Å². The van der Waals surface area contributed by atoms with Gasteiger partial charge in [0.1, 0.15) is 0 Å². The Bertz CT molecular complexity index is 1500. The van der Waals surface area contributed by atoms with Gasteiger partial charge in [-0.15, -0.1) is 0 Å². The molecular weight excluding hydrogens is 507 g/mol. The maximum atomic E-state index is 12.8. The molecule has 0 aliphatic carbocycles. The number of nitrogens with zero attached hydrogens (tertiary/aromatic N) is 3. The van der Waals surface area contributed by atoms with Crippen molar-refractivity contribution in [3.63, 3.8) is 0 Å². The summed E-state index contributed by atoms with van der Waals surface area (Å²) in [6.45, 7) is 1.88. The van der Waals surface area contributed by atoms with Crippen molar-refractivity contribution in [3.8, 4) is 0 Å². The molecule has 168 valence electrons. The molecular formula is C22H19AsN4O5S. The molecule has 0 aliphatic heterocycles. The normalized spacial score (nSPS) is 12.3. The molecule has 0 amide bonds. The smallest absolute Gasteiger partial charge is 0.0414 e. The van der Waals surface area contributed by atoms with Gasteiger partial charge in [-0.1, -0.05) is 17.7 Å². The van der Waals surface area contributed by atoms with E-state index >= 15 is 0 Å². The van der Waals surface area contributed by atoms with Gasteiger partial charge in [-0.05, 0) is 19.1 Å². The third-order valence-electron chi connectivity index (χ3n) is 4.78. The summed E-state index contributed by atoms with van der Waals surface area (Å²) in [5, 5.41) is 8.93. The molecule has 4 aromatic rings. The van der Waals surface area contributed by atoms with Crippen LogP contribution in [0, 0.1) is 6.92 Å². The minimum absolute atomic E-state index is 0.0491. The Morgan fingerprint density at radius 2 is 1.61 bits per heavy atom. The van der Waals surface area contributed by atoms with Crippen molar-refractivity contribution in [1.29, 1.82) is 0 Å². The number of rotatable bonds is 6. The predicted molar refractivity (Wildman–Crippen MR) is 125 cm³/mol. The summed E-state index contributed by atoms with van der Waals surface area (Å²) in [6.07, 6.45) is 1.55. The minimum atomic E-state index is -4.96. The van der Waals surface area contributed by atoms with Crippen molar-refractivity contribution in [1.82, 2.24) is 4.98 Å². The fourth-order valence-corrected chi connectivity index (χ4v) is 5.27. The summed E-state index contributed by atoms with van der Waals surface area (Å²) in [5.41, 5.74) is 2.53. The molecule has 0 fully saturated rings. The summed E-state index contributed by atoms with van der Waals surface area (Å²) in [6, 6.07) is 18.7. The number of hydrogen-bond donors (Lipinski definition) is 3. The Labute approximate surface area is 192 Å². The molecule has 33 heavy (non-hydrogen) atoms. The Balaban J connectivity index is 1.66. The molecule has 0 saturated heterocycles. The van der Waals surface area contributed by atoms with Gasteiger partial charge in [0.2, 0.25) is 0 Å².